The molecule has 1 aliphatic rings. The second-order valence-electron chi connectivity index (χ2n) is 3.76. The van der Waals surface area contributed by atoms with E-state index >= 15 is 0 Å². The summed E-state index contributed by atoms with van der Waals surface area (Å²) in [5.41, 5.74) is 5.38. The molecule has 0 aromatic carbocycles. The maximum atomic E-state index is 10.6. The van der Waals surface area contributed by atoms with Crippen LogP contribution in [-0.4, -0.2) is 65.6 Å². The maximum absolute atomic E-state index is 10.6. The zero-order valence-electron chi connectivity index (χ0n) is 10.7. The van der Waals surface area contributed by atoms with Gasteiger partial charge in [0.15, 0.2) is 0 Å². The van der Waals surface area contributed by atoms with Crippen LogP contribution in [0.4, 0.5) is 26.3 Å². The van der Waals surface area contributed by atoms with E-state index in [0.717, 1.165) is 6.54 Å². The van der Waals surface area contributed by atoms with Gasteiger partial charge in [-0.3, -0.25) is 0 Å². The van der Waals surface area contributed by atoms with Gasteiger partial charge in [0.2, 0.25) is 0 Å². The molecule has 0 unspecified atom stereocenters. The first-order valence-corrected chi connectivity index (χ1v) is 5.24. The molecule has 4 N–H and O–H groups in total. The Morgan fingerprint density at radius 2 is 1.38 bits per heavy atom. The van der Waals surface area contributed by atoms with Crippen molar-refractivity contribution < 1.29 is 46.1 Å². The number of nitrogens with two attached hydrogens (primary N) is 1. The van der Waals surface area contributed by atoms with E-state index in [-0.39, 0.29) is 0 Å². The molecule has 0 bridgehead atoms. The van der Waals surface area contributed by atoms with Crippen LogP contribution < -0.4 is 5.73 Å². The van der Waals surface area contributed by atoms with Crippen LogP contribution in [0, 0.1) is 0 Å². The summed E-state index contributed by atoms with van der Waals surface area (Å²) in [6, 6.07) is 0.694. The fourth-order valence-corrected chi connectivity index (χ4v) is 0.868. The molecule has 1 fully saturated rings. The molecule has 1 rings (SSSR count). The Kier molecular flexibility index (Phi) is 8.97. The van der Waals surface area contributed by atoms with Gasteiger partial charge in [-0.25, -0.2) is 9.59 Å². The largest absolute Gasteiger partial charge is 0.490 e. The van der Waals surface area contributed by atoms with Gasteiger partial charge in [-0.05, 0) is 20.0 Å². The quantitative estimate of drug-likeness (QED) is 0.618. The zero-order valence-corrected chi connectivity index (χ0v) is 10.7. The molecule has 1 atom stereocenters. The summed E-state index contributed by atoms with van der Waals surface area (Å²) in [7, 11) is 2.11. The van der Waals surface area contributed by atoms with E-state index < -0.39 is 24.3 Å². The predicted octanol–water partition coefficient (Wildman–Crippen LogP) is 0.916. The first kappa shape index (κ1) is 21.7. The lowest BCUT2D eigenvalue weighted by atomic mass is 10.1. The smallest absolute Gasteiger partial charge is 0.475 e. The third kappa shape index (κ3) is 10.8. The van der Waals surface area contributed by atoms with Crippen LogP contribution in [0.5, 0.6) is 0 Å². The fourth-order valence-electron chi connectivity index (χ4n) is 0.868. The molecule has 1 saturated heterocycles. The number of hydrogen-bond acceptors (Lipinski definition) is 4. The van der Waals surface area contributed by atoms with Crippen LogP contribution in [0.3, 0.4) is 0 Å². The van der Waals surface area contributed by atoms with E-state index in [1.807, 2.05) is 0 Å². The number of aliphatic carboxylic acids is 2. The van der Waals surface area contributed by atoms with Crippen molar-refractivity contribution in [3.8, 4) is 0 Å². The van der Waals surface area contributed by atoms with Gasteiger partial charge < -0.3 is 20.8 Å². The van der Waals surface area contributed by atoms with Gasteiger partial charge in [0, 0.05) is 12.6 Å². The van der Waals surface area contributed by atoms with E-state index in [2.05, 4.69) is 11.9 Å². The minimum absolute atomic E-state index is 0.694. The molecule has 0 aromatic heterocycles. The molecule has 6 nitrogen and oxygen atoms in total. The second-order valence-corrected chi connectivity index (χ2v) is 3.76. The minimum atomic E-state index is -5.08. The summed E-state index contributed by atoms with van der Waals surface area (Å²) in [5, 5.41) is 14.2. The number of alkyl halides is 6. The van der Waals surface area contributed by atoms with Gasteiger partial charge in [0.25, 0.3) is 0 Å². The number of carbonyl (C=O) groups is 2. The molecular formula is C9H14F6N2O4. The third-order valence-corrected chi connectivity index (χ3v) is 2.20. The van der Waals surface area contributed by atoms with Crippen LogP contribution in [0.15, 0.2) is 0 Å². The van der Waals surface area contributed by atoms with Crippen molar-refractivity contribution in [3.05, 3.63) is 0 Å². The molecule has 1 aliphatic heterocycles. The standard InChI is InChI=1S/C5H12N2.2C2HF3O2/c1-7-3-2-5(7)4-6;2*3-2(4,5)1(6)7/h5H,2-4,6H2,1H3;2*(H,6,7)/t5-;;/m1../s1. The highest BCUT2D eigenvalue weighted by Gasteiger charge is 2.38. The van der Waals surface area contributed by atoms with Gasteiger partial charge in [0.05, 0.1) is 0 Å². The zero-order chi connectivity index (χ0) is 17.4. The molecule has 21 heavy (non-hydrogen) atoms. The number of carboxylic acids is 2. The van der Waals surface area contributed by atoms with E-state index in [1.54, 1.807) is 0 Å². The summed E-state index contributed by atoms with van der Waals surface area (Å²) in [6.45, 7) is 2.07. The van der Waals surface area contributed by atoms with Crippen LogP contribution in [-0.2, 0) is 9.59 Å². The SMILES string of the molecule is CN1CC[C@@H]1CN.O=C(O)C(F)(F)F.O=C(O)C(F)(F)F. The number of likely N-dealkylation sites (N-methyl/N-ethyl adjacent to an activating group) is 1. The Bertz CT molecular complexity index is 318. The van der Waals surface area contributed by atoms with E-state index in [4.69, 9.17) is 25.5 Å². The normalized spacial score (nSPS) is 18.4. The Labute approximate surface area is 115 Å². The molecule has 0 aliphatic carbocycles. The molecule has 0 amide bonds. The minimum Gasteiger partial charge on any atom is -0.475 e. The summed E-state index contributed by atoms with van der Waals surface area (Å²) < 4.78 is 63.5. The van der Waals surface area contributed by atoms with Crippen molar-refractivity contribution in [1.82, 2.24) is 4.90 Å². The number of rotatable bonds is 1. The van der Waals surface area contributed by atoms with Gasteiger partial charge in [0.1, 0.15) is 0 Å². The van der Waals surface area contributed by atoms with Crippen molar-refractivity contribution in [3.63, 3.8) is 0 Å². The average molecular weight is 328 g/mol. The second kappa shape index (κ2) is 8.67. The monoisotopic (exact) mass is 328 g/mol. The van der Waals surface area contributed by atoms with E-state index in [0.29, 0.717) is 6.04 Å². The lowest BCUT2D eigenvalue weighted by Crippen LogP contribution is -2.48. The predicted molar refractivity (Wildman–Crippen MR) is 57.5 cm³/mol. The lowest BCUT2D eigenvalue weighted by Gasteiger charge is -2.36. The van der Waals surface area contributed by atoms with Gasteiger partial charge in [-0.2, -0.15) is 26.3 Å². The van der Waals surface area contributed by atoms with Crippen LogP contribution in [0.2, 0.25) is 0 Å². The van der Waals surface area contributed by atoms with Crippen LogP contribution >= 0.6 is 0 Å². The number of nitrogens with zero attached hydrogens (tertiary/aromatic N) is 1. The number of carboxylic acid groups (broad SMARTS) is 2. The lowest BCUT2D eigenvalue weighted by molar-refractivity contribution is -0.193. The molecular weight excluding hydrogens is 314 g/mol. The molecule has 126 valence electrons. The molecule has 0 spiro atoms. The molecule has 12 heteroatoms. The molecule has 1 heterocycles. The fraction of sp³-hybridized carbons (Fsp3) is 0.778. The topological polar surface area (TPSA) is 104 Å². The van der Waals surface area contributed by atoms with Gasteiger partial charge in [-0.15, -0.1) is 0 Å². The van der Waals surface area contributed by atoms with Crippen molar-refractivity contribution in [2.24, 2.45) is 5.73 Å². The summed E-state index contributed by atoms with van der Waals surface area (Å²) in [4.78, 5) is 20.1. The number of hydrogen-bond donors (Lipinski definition) is 3. The highest BCUT2D eigenvalue weighted by Crippen LogP contribution is 2.13. The van der Waals surface area contributed by atoms with E-state index in [9.17, 15) is 26.3 Å². The summed E-state index contributed by atoms with van der Waals surface area (Å²) in [5.74, 6) is -5.51. The van der Waals surface area contributed by atoms with Gasteiger partial charge in [-0.1, -0.05) is 0 Å². The number of halogens is 6. The average Bonchev–Trinajstić information content (AvgIpc) is 2.26. The Morgan fingerprint density at radius 3 is 1.38 bits per heavy atom. The van der Waals surface area contributed by atoms with Gasteiger partial charge >= 0.3 is 24.3 Å². The Hall–Kier alpha value is -1.56. The number of likely N-dealkylation sites (tertiary alicyclic amines) is 1. The highest BCUT2D eigenvalue weighted by atomic mass is 19.4. The van der Waals surface area contributed by atoms with Crippen molar-refractivity contribution in [1.29, 1.82) is 0 Å². The van der Waals surface area contributed by atoms with Crippen molar-refractivity contribution in [2.45, 2.75) is 24.8 Å². The van der Waals surface area contributed by atoms with E-state index in [1.165, 1.54) is 13.0 Å². The molecule has 0 radical (unpaired) electrons. The Morgan fingerprint density at radius 1 is 1.10 bits per heavy atom. The van der Waals surface area contributed by atoms with Crippen LogP contribution in [0.1, 0.15) is 6.42 Å². The van der Waals surface area contributed by atoms with Crippen molar-refractivity contribution >= 4 is 11.9 Å². The third-order valence-electron chi connectivity index (χ3n) is 2.20. The maximum Gasteiger partial charge on any atom is 0.490 e. The Balaban J connectivity index is 0. The summed E-state index contributed by atoms with van der Waals surface area (Å²) >= 11 is 0. The summed E-state index contributed by atoms with van der Waals surface area (Å²) in [6.07, 6.45) is -8.87. The van der Waals surface area contributed by atoms with Crippen molar-refractivity contribution in [2.75, 3.05) is 20.1 Å². The first-order valence-electron chi connectivity index (χ1n) is 5.24. The molecule has 0 saturated carbocycles. The first-order chi connectivity index (χ1) is 9.23. The highest BCUT2D eigenvalue weighted by molar-refractivity contribution is 5.73. The van der Waals surface area contributed by atoms with Crippen LogP contribution in [0.25, 0.3) is 0 Å². The molecule has 0 aromatic rings.